The molecule has 0 radical (unpaired) electrons. The van der Waals surface area contributed by atoms with Crippen LogP contribution in [0, 0.1) is 20.8 Å². The van der Waals surface area contributed by atoms with Crippen LogP contribution in [-0.4, -0.2) is 35.5 Å². The van der Waals surface area contributed by atoms with Crippen LogP contribution in [0.4, 0.5) is 5.69 Å². The lowest BCUT2D eigenvalue weighted by atomic mass is 10.1. The number of ether oxygens (including phenoxy) is 2. The molecule has 0 aliphatic heterocycles. The van der Waals surface area contributed by atoms with Crippen LogP contribution in [0.25, 0.3) is 5.82 Å². The molecule has 0 fully saturated rings. The average Bonchev–Trinajstić information content (AvgIpc) is 3.23. The predicted octanol–water partition coefficient (Wildman–Crippen LogP) is 4.19. The number of nitrogens with one attached hydrogen (secondary N) is 1. The molecule has 2 heterocycles. The van der Waals surface area contributed by atoms with Crippen LogP contribution < -0.4 is 14.2 Å². The second kappa shape index (κ2) is 8.91. The van der Waals surface area contributed by atoms with Crippen molar-refractivity contribution in [1.29, 1.82) is 0 Å². The summed E-state index contributed by atoms with van der Waals surface area (Å²) in [6, 6.07) is 15.0. The molecule has 4 rings (SSSR count). The van der Waals surface area contributed by atoms with Crippen LogP contribution in [0.5, 0.6) is 17.4 Å². The van der Waals surface area contributed by atoms with E-state index in [1.807, 2.05) is 19.9 Å². The van der Waals surface area contributed by atoms with E-state index in [4.69, 9.17) is 9.47 Å². The molecule has 0 bridgehead atoms. The maximum absolute atomic E-state index is 12.9. The first-order valence-corrected chi connectivity index (χ1v) is 11.6. The topological polar surface area (TPSA) is 108 Å². The Hall–Kier alpha value is -3.92. The van der Waals surface area contributed by atoms with Crippen LogP contribution in [0.2, 0.25) is 0 Å². The molecule has 0 atom stereocenters. The highest BCUT2D eigenvalue weighted by atomic mass is 32.2. The van der Waals surface area contributed by atoms with Crippen LogP contribution >= 0.6 is 0 Å². The predicted molar refractivity (Wildman–Crippen MR) is 124 cm³/mol. The third-order valence-corrected chi connectivity index (χ3v) is 6.64. The Morgan fingerprint density at radius 3 is 2.24 bits per heavy atom. The monoisotopic (exact) mass is 465 g/mol. The fourth-order valence-corrected chi connectivity index (χ4v) is 4.60. The zero-order chi connectivity index (χ0) is 23.6. The van der Waals surface area contributed by atoms with Crippen molar-refractivity contribution in [3.63, 3.8) is 0 Å². The molecule has 1 N–H and O–H groups in total. The summed E-state index contributed by atoms with van der Waals surface area (Å²) >= 11 is 0. The van der Waals surface area contributed by atoms with Crippen LogP contribution in [0.1, 0.15) is 16.8 Å². The van der Waals surface area contributed by atoms with Crippen molar-refractivity contribution in [2.24, 2.45) is 0 Å². The van der Waals surface area contributed by atoms with Crippen LogP contribution in [-0.2, 0) is 10.0 Å². The van der Waals surface area contributed by atoms with Gasteiger partial charge in [0.25, 0.3) is 10.0 Å². The summed E-state index contributed by atoms with van der Waals surface area (Å²) in [7, 11) is -2.22. The fourth-order valence-electron chi connectivity index (χ4n) is 3.24. The lowest BCUT2D eigenvalue weighted by Gasteiger charge is -2.14. The van der Waals surface area contributed by atoms with Gasteiger partial charge in [-0.25, -0.2) is 13.1 Å². The number of aryl methyl sites for hydroxylation is 1. The molecule has 0 saturated heterocycles. The van der Waals surface area contributed by atoms with Crippen molar-refractivity contribution in [3.05, 3.63) is 77.6 Å². The van der Waals surface area contributed by atoms with E-state index >= 15 is 0 Å². The summed E-state index contributed by atoms with van der Waals surface area (Å²) in [5, 5.41) is 12.5. The number of nitrogens with zero attached hydrogens (tertiary/aromatic N) is 4. The Morgan fingerprint density at radius 1 is 0.879 bits per heavy atom. The SMILES string of the molecule is COc1ccc(S(=O)(=O)Nc2ccc(Oc3ccc(-n4ccc(C)n4)nn3)cc2)c(C)c1C. The largest absolute Gasteiger partial charge is 0.496 e. The highest BCUT2D eigenvalue weighted by Gasteiger charge is 2.19. The van der Waals surface area contributed by atoms with Gasteiger partial charge >= 0.3 is 0 Å². The summed E-state index contributed by atoms with van der Waals surface area (Å²) in [6.45, 7) is 5.47. The van der Waals surface area contributed by atoms with Gasteiger partial charge in [-0.3, -0.25) is 4.72 Å². The molecule has 2 aromatic heterocycles. The van der Waals surface area contributed by atoms with E-state index in [1.165, 1.54) is 6.07 Å². The smallest absolute Gasteiger partial charge is 0.262 e. The standard InChI is InChI=1S/C23H23N5O4S/c1-15-13-14-28(26-15)22-11-12-23(25-24-22)32-19-7-5-18(6-8-19)27-33(29,30)21-10-9-20(31-4)16(2)17(21)3/h5-14,27H,1-4H3. The summed E-state index contributed by atoms with van der Waals surface area (Å²) in [4.78, 5) is 0.198. The molecular formula is C23H23N5O4S. The quantitative estimate of drug-likeness (QED) is 0.436. The molecule has 10 heteroatoms. The number of sulfonamides is 1. The maximum Gasteiger partial charge on any atom is 0.262 e. The molecule has 0 aliphatic rings. The first kappa shape index (κ1) is 22.3. The van der Waals surface area contributed by atoms with E-state index in [-0.39, 0.29) is 4.90 Å². The van der Waals surface area contributed by atoms with Crippen LogP contribution in [0.3, 0.4) is 0 Å². The van der Waals surface area contributed by atoms with E-state index in [0.29, 0.717) is 34.4 Å². The van der Waals surface area contributed by atoms with Crippen molar-refractivity contribution in [2.75, 3.05) is 11.8 Å². The minimum absolute atomic E-state index is 0.198. The fraction of sp³-hybridized carbons (Fsp3) is 0.174. The summed E-state index contributed by atoms with van der Waals surface area (Å²) in [6.07, 6.45) is 1.80. The number of rotatable bonds is 7. The number of benzene rings is 2. The second-order valence-corrected chi connectivity index (χ2v) is 9.03. The highest BCUT2D eigenvalue weighted by molar-refractivity contribution is 7.92. The third kappa shape index (κ3) is 4.80. The zero-order valence-electron chi connectivity index (χ0n) is 18.6. The van der Waals surface area contributed by atoms with Gasteiger partial charge in [0.1, 0.15) is 11.5 Å². The molecule has 0 unspecified atom stereocenters. The Morgan fingerprint density at radius 2 is 1.64 bits per heavy atom. The van der Waals surface area contributed by atoms with E-state index < -0.39 is 10.0 Å². The number of hydrogen-bond donors (Lipinski definition) is 1. The average molecular weight is 466 g/mol. The number of methoxy groups -OCH3 is 1. The van der Waals surface area contributed by atoms with E-state index in [0.717, 1.165) is 11.3 Å². The molecule has 170 valence electrons. The van der Waals surface area contributed by atoms with Gasteiger partial charge in [-0.1, -0.05) is 0 Å². The van der Waals surface area contributed by atoms with Crippen molar-refractivity contribution < 1.29 is 17.9 Å². The molecule has 0 amide bonds. The minimum Gasteiger partial charge on any atom is -0.496 e. The van der Waals surface area contributed by atoms with Gasteiger partial charge in [0, 0.05) is 18.0 Å². The van der Waals surface area contributed by atoms with Crippen molar-refractivity contribution >= 4 is 15.7 Å². The Bertz CT molecular complexity index is 1380. The normalized spacial score (nSPS) is 11.3. The number of anilines is 1. The first-order valence-electron chi connectivity index (χ1n) is 10.1. The van der Waals surface area contributed by atoms with Gasteiger partial charge in [-0.15, -0.1) is 10.2 Å². The van der Waals surface area contributed by atoms with E-state index in [1.54, 1.807) is 67.4 Å². The molecule has 0 spiro atoms. The van der Waals surface area contributed by atoms with E-state index in [9.17, 15) is 8.42 Å². The Balaban J connectivity index is 1.46. The Labute approximate surface area is 192 Å². The lowest BCUT2D eigenvalue weighted by molar-refractivity contribution is 0.410. The van der Waals surface area contributed by atoms with Gasteiger partial charge in [-0.05, 0) is 80.4 Å². The van der Waals surface area contributed by atoms with Gasteiger partial charge in [0.15, 0.2) is 5.82 Å². The second-order valence-electron chi connectivity index (χ2n) is 7.38. The summed E-state index contributed by atoms with van der Waals surface area (Å²) in [5.41, 5.74) is 2.70. The lowest BCUT2D eigenvalue weighted by Crippen LogP contribution is -2.15. The van der Waals surface area contributed by atoms with Gasteiger partial charge in [-0.2, -0.15) is 5.10 Å². The van der Waals surface area contributed by atoms with Gasteiger partial charge in [0.2, 0.25) is 5.88 Å². The third-order valence-electron chi connectivity index (χ3n) is 5.11. The number of hydrogen-bond acceptors (Lipinski definition) is 7. The molecule has 0 saturated carbocycles. The molecular weight excluding hydrogens is 442 g/mol. The van der Waals surface area contributed by atoms with E-state index in [2.05, 4.69) is 20.0 Å². The van der Waals surface area contributed by atoms with Crippen molar-refractivity contribution in [1.82, 2.24) is 20.0 Å². The summed E-state index contributed by atoms with van der Waals surface area (Å²) in [5.74, 6) is 2.01. The maximum atomic E-state index is 12.9. The molecule has 9 nitrogen and oxygen atoms in total. The van der Waals surface area contributed by atoms with Crippen molar-refractivity contribution in [2.45, 2.75) is 25.7 Å². The summed E-state index contributed by atoms with van der Waals surface area (Å²) < 4.78 is 41.0. The molecule has 33 heavy (non-hydrogen) atoms. The van der Waals surface area contributed by atoms with Crippen molar-refractivity contribution in [3.8, 4) is 23.2 Å². The molecule has 2 aromatic carbocycles. The minimum atomic E-state index is -3.77. The van der Waals surface area contributed by atoms with Gasteiger partial charge < -0.3 is 9.47 Å². The highest BCUT2D eigenvalue weighted by Crippen LogP contribution is 2.29. The Kier molecular flexibility index (Phi) is 6.01. The van der Waals surface area contributed by atoms with Crippen LogP contribution in [0.15, 0.2) is 65.7 Å². The first-order chi connectivity index (χ1) is 15.8. The van der Waals surface area contributed by atoms with Gasteiger partial charge in [0.05, 0.1) is 17.7 Å². The number of aromatic nitrogens is 4. The molecule has 4 aromatic rings. The zero-order valence-corrected chi connectivity index (χ0v) is 19.4. The molecule has 0 aliphatic carbocycles.